The highest BCUT2D eigenvalue weighted by molar-refractivity contribution is 5.26. The van der Waals surface area contributed by atoms with Crippen LogP contribution < -0.4 is 0 Å². The lowest BCUT2D eigenvalue weighted by molar-refractivity contribution is 0.0609. The van der Waals surface area contributed by atoms with Gasteiger partial charge in [-0.1, -0.05) is 37.1 Å². The largest absolute Gasteiger partial charge is 0.393 e. The second-order valence-corrected chi connectivity index (χ2v) is 11.6. The Balaban J connectivity index is 1.39. The van der Waals surface area contributed by atoms with Gasteiger partial charge in [0.05, 0.1) is 12.2 Å². The summed E-state index contributed by atoms with van der Waals surface area (Å²) in [6, 6.07) is 0. The van der Waals surface area contributed by atoms with Gasteiger partial charge in [0.2, 0.25) is 6.43 Å². The fraction of sp³-hybridized carbons (Fsp3) is 0.852. The molecule has 0 unspecified atom stereocenters. The number of halogens is 2. The van der Waals surface area contributed by atoms with Crippen molar-refractivity contribution in [3.63, 3.8) is 0 Å². The van der Waals surface area contributed by atoms with Gasteiger partial charge in [0.25, 0.3) is 0 Å². The van der Waals surface area contributed by atoms with Gasteiger partial charge >= 0.3 is 0 Å². The zero-order valence-corrected chi connectivity index (χ0v) is 20.0. The number of allylic oxidation sites excluding steroid dienone is 3. The molecule has 2 N–H and O–H groups in total. The Kier molecular flexibility index (Phi) is 7.78. The number of aliphatic hydroxyl groups excluding tert-OH is 2. The summed E-state index contributed by atoms with van der Waals surface area (Å²) in [5.74, 6) is 2.08. The maximum absolute atomic E-state index is 12.8. The number of alkyl halides is 2. The van der Waals surface area contributed by atoms with Gasteiger partial charge in [-0.05, 0) is 93.4 Å². The highest BCUT2D eigenvalue weighted by Gasteiger charge is 2.50. The van der Waals surface area contributed by atoms with Crippen LogP contribution >= 0.6 is 0 Å². The Labute approximate surface area is 193 Å². The number of rotatable bonds is 6. The summed E-state index contributed by atoms with van der Waals surface area (Å²) in [7, 11) is 0. The summed E-state index contributed by atoms with van der Waals surface area (Å²) in [5.41, 5.74) is 3.07. The molecule has 4 rings (SSSR count). The van der Waals surface area contributed by atoms with Crippen LogP contribution in [0.2, 0.25) is 0 Å². The van der Waals surface area contributed by atoms with E-state index in [9.17, 15) is 19.0 Å². The highest BCUT2D eigenvalue weighted by atomic mass is 19.3. The fourth-order valence-corrected chi connectivity index (χ4v) is 7.80. The quantitative estimate of drug-likeness (QED) is 0.554. The Bertz CT molecular complexity index is 696. The molecule has 0 bridgehead atoms. The smallest absolute Gasteiger partial charge is 0.238 e. The van der Waals surface area contributed by atoms with E-state index in [-0.39, 0.29) is 12.3 Å². The van der Waals surface area contributed by atoms with Gasteiger partial charge in [-0.25, -0.2) is 8.78 Å². The molecule has 1 saturated heterocycles. The van der Waals surface area contributed by atoms with Gasteiger partial charge in [0, 0.05) is 19.5 Å². The molecule has 5 heteroatoms. The van der Waals surface area contributed by atoms with Crippen molar-refractivity contribution in [1.82, 2.24) is 4.90 Å². The Morgan fingerprint density at radius 2 is 1.88 bits per heavy atom. The molecule has 0 radical (unpaired) electrons. The molecule has 3 nitrogen and oxygen atoms in total. The van der Waals surface area contributed by atoms with Crippen LogP contribution in [-0.4, -0.2) is 53.4 Å². The van der Waals surface area contributed by atoms with Gasteiger partial charge in [-0.2, -0.15) is 0 Å². The normalized spacial score (nSPS) is 40.8. The molecule has 3 saturated carbocycles. The molecule has 0 amide bonds. The molecule has 0 aromatic heterocycles. The fourth-order valence-electron chi connectivity index (χ4n) is 7.80. The molecule has 32 heavy (non-hydrogen) atoms. The summed E-state index contributed by atoms with van der Waals surface area (Å²) < 4.78 is 25.5. The molecule has 4 aliphatic rings. The third kappa shape index (κ3) is 5.47. The van der Waals surface area contributed by atoms with Crippen LogP contribution in [0.15, 0.2) is 23.3 Å². The Hall–Kier alpha value is -0.780. The predicted octanol–water partition coefficient (Wildman–Crippen LogP) is 5.57. The van der Waals surface area contributed by atoms with Crippen molar-refractivity contribution in [3.8, 4) is 0 Å². The van der Waals surface area contributed by atoms with Crippen molar-refractivity contribution in [2.24, 2.45) is 29.1 Å². The standard InChI is InChI=1S/C27H43F2NO2/c1-18(16-30-11-9-20(17-30)14-26(28)29)24-7-8-25-21(4-3-10-27(24,25)2)6-5-19-12-22(31)15-23(32)13-19/h5-6,18,20,22-26,31-32H,3-4,7-17H2,1-2H3/b21-6+/t18-,20-,22+,23+,24+,25-,27+/m0/s1. The van der Waals surface area contributed by atoms with Crippen LogP contribution in [0.4, 0.5) is 8.78 Å². The van der Waals surface area contributed by atoms with Gasteiger partial charge in [-0.15, -0.1) is 0 Å². The van der Waals surface area contributed by atoms with Crippen LogP contribution in [-0.2, 0) is 0 Å². The summed E-state index contributed by atoms with van der Waals surface area (Å²) >= 11 is 0. The van der Waals surface area contributed by atoms with Crippen LogP contribution in [0.5, 0.6) is 0 Å². The maximum atomic E-state index is 12.8. The second kappa shape index (κ2) is 10.2. The van der Waals surface area contributed by atoms with E-state index in [0.717, 1.165) is 32.5 Å². The number of nitrogens with zero attached hydrogens (tertiary/aromatic N) is 1. The predicted molar refractivity (Wildman–Crippen MR) is 125 cm³/mol. The molecule has 1 aliphatic heterocycles. The van der Waals surface area contributed by atoms with Crippen LogP contribution in [0.1, 0.15) is 78.1 Å². The lowest BCUT2D eigenvalue weighted by Crippen LogP contribution is -2.39. The van der Waals surface area contributed by atoms with Crippen molar-refractivity contribution in [1.29, 1.82) is 0 Å². The number of aliphatic hydroxyl groups is 2. The van der Waals surface area contributed by atoms with E-state index >= 15 is 0 Å². The average molecular weight is 452 g/mol. The molecular weight excluding hydrogens is 408 g/mol. The van der Waals surface area contributed by atoms with E-state index < -0.39 is 18.6 Å². The first kappa shape index (κ1) is 24.3. The molecule has 0 aromatic rings. The van der Waals surface area contributed by atoms with Crippen molar-refractivity contribution < 1.29 is 19.0 Å². The van der Waals surface area contributed by atoms with E-state index in [4.69, 9.17) is 0 Å². The number of fused-ring (bicyclic) bond motifs is 1. The Morgan fingerprint density at radius 1 is 1.12 bits per heavy atom. The topological polar surface area (TPSA) is 43.7 Å². The maximum Gasteiger partial charge on any atom is 0.238 e. The molecule has 3 aliphatic carbocycles. The van der Waals surface area contributed by atoms with Crippen molar-refractivity contribution >= 4 is 0 Å². The molecule has 0 aromatic carbocycles. The zero-order valence-electron chi connectivity index (χ0n) is 20.0. The van der Waals surface area contributed by atoms with E-state index in [0.29, 0.717) is 42.4 Å². The molecular formula is C27H43F2NO2. The van der Waals surface area contributed by atoms with E-state index in [1.165, 1.54) is 31.3 Å². The van der Waals surface area contributed by atoms with Gasteiger partial charge < -0.3 is 15.1 Å². The first-order valence-electron chi connectivity index (χ1n) is 13.0. The van der Waals surface area contributed by atoms with Crippen LogP contribution in [0.3, 0.4) is 0 Å². The number of likely N-dealkylation sites (tertiary alicyclic amines) is 1. The molecule has 182 valence electrons. The summed E-state index contributed by atoms with van der Waals surface area (Å²) in [5, 5.41) is 20.0. The van der Waals surface area contributed by atoms with Gasteiger partial charge in [-0.3, -0.25) is 0 Å². The minimum atomic E-state index is -2.17. The first-order chi connectivity index (χ1) is 15.2. The first-order valence-corrected chi connectivity index (χ1v) is 13.0. The highest BCUT2D eigenvalue weighted by Crippen LogP contribution is 2.59. The third-order valence-electron chi connectivity index (χ3n) is 9.23. The minimum Gasteiger partial charge on any atom is -0.393 e. The monoisotopic (exact) mass is 451 g/mol. The van der Waals surface area contributed by atoms with Gasteiger partial charge in [0.15, 0.2) is 0 Å². The van der Waals surface area contributed by atoms with Crippen LogP contribution in [0, 0.1) is 29.1 Å². The molecule has 4 fully saturated rings. The summed E-state index contributed by atoms with van der Waals surface area (Å²) in [6.07, 6.45) is 10.6. The SMILES string of the molecule is C[C@@H](CN1CC[C@@H](CC(F)F)C1)[C@H]1CC[C@H]2/C(=C/C=C3C[C@@H](O)C[C@H](O)C3)CCC[C@]12C. The summed E-state index contributed by atoms with van der Waals surface area (Å²) in [6.45, 7) is 7.77. The second-order valence-electron chi connectivity index (χ2n) is 11.6. The minimum absolute atomic E-state index is 0.0613. The van der Waals surface area contributed by atoms with Crippen molar-refractivity contribution in [2.45, 2.75) is 96.7 Å². The molecule has 1 heterocycles. The van der Waals surface area contributed by atoms with E-state index in [2.05, 4.69) is 30.9 Å². The lowest BCUT2D eigenvalue weighted by Gasteiger charge is -2.45. The van der Waals surface area contributed by atoms with Crippen molar-refractivity contribution in [3.05, 3.63) is 23.3 Å². The van der Waals surface area contributed by atoms with Crippen LogP contribution in [0.25, 0.3) is 0 Å². The summed E-state index contributed by atoms with van der Waals surface area (Å²) in [4.78, 5) is 2.44. The number of hydrogen-bond donors (Lipinski definition) is 2. The average Bonchev–Trinajstić information content (AvgIpc) is 3.28. The van der Waals surface area contributed by atoms with E-state index in [1.807, 2.05) is 0 Å². The third-order valence-corrected chi connectivity index (χ3v) is 9.23. The van der Waals surface area contributed by atoms with Gasteiger partial charge in [0.1, 0.15) is 0 Å². The van der Waals surface area contributed by atoms with E-state index in [1.54, 1.807) is 5.57 Å². The molecule has 7 atom stereocenters. The zero-order chi connectivity index (χ0) is 22.9. The van der Waals surface area contributed by atoms with Crippen molar-refractivity contribution in [2.75, 3.05) is 19.6 Å². The number of hydrogen-bond acceptors (Lipinski definition) is 3. The lowest BCUT2D eigenvalue weighted by atomic mass is 9.61. The Morgan fingerprint density at radius 3 is 2.59 bits per heavy atom. The molecule has 0 spiro atoms.